The molecule has 0 saturated carbocycles. The number of ether oxygens (including phenoxy) is 1. The summed E-state index contributed by atoms with van der Waals surface area (Å²) in [6, 6.07) is 3.35. The monoisotopic (exact) mass is 236 g/mol. The molecule has 0 aliphatic carbocycles. The van der Waals surface area contributed by atoms with Gasteiger partial charge in [0.25, 0.3) is 5.91 Å². The van der Waals surface area contributed by atoms with E-state index < -0.39 is 6.10 Å². The second-order valence-electron chi connectivity index (χ2n) is 4.14. The van der Waals surface area contributed by atoms with Crippen LogP contribution in [0, 0.1) is 0 Å². The topological polar surface area (TPSA) is 62.7 Å². The van der Waals surface area contributed by atoms with Crippen molar-refractivity contribution in [3.8, 4) is 5.88 Å². The highest BCUT2D eigenvalue weighted by Gasteiger charge is 2.23. The molecule has 0 aromatic carbocycles. The molecule has 1 saturated heterocycles. The molecule has 5 heteroatoms. The summed E-state index contributed by atoms with van der Waals surface area (Å²) in [4.78, 5) is 17.7. The van der Waals surface area contributed by atoms with E-state index in [1.165, 1.54) is 13.3 Å². The lowest BCUT2D eigenvalue weighted by molar-refractivity contribution is 0.0473. The van der Waals surface area contributed by atoms with Crippen molar-refractivity contribution in [3.05, 3.63) is 23.9 Å². The number of piperidine rings is 1. The molecular weight excluding hydrogens is 220 g/mol. The lowest BCUT2D eigenvalue weighted by Gasteiger charge is -2.30. The Labute approximate surface area is 100 Å². The van der Waals surface area contributed by atoms with Gasteiger partial charge in [0, 0.05) is 25.4 Å². The fourth-order valence-electron chi connectivity index (χ4n) is 1.95. The van der Waals surface area contributed by atoms with Crippen LogP contribution < -0.4 is 4.74 Å². The van der Waals surface area contributed by atoms with Crippen molar-refractivity contribution in [2.24, 2.45) is 0 Å². The number of hydrogen-bond donors (Lipinski definition) is 1. The van der Waals surface area contributed by atoms with Gasteiger partial charge in [0.15, 0.2) is 0 Å². The first-order valence-corrected chi connectivity index (χ1v) is 5.68. The minimum Gasteiger partial charge on any atom is -0.481 e. The number of aliphatic hydroxyl groups excluding tert-OH is 1. The number of rotatable bonds is 2. The lowest BCUT2D eigenvalue weighted by Crippen LogP contribution is -2.42. The molecule has 0 spiro atoms. The quantitative estimate of drug-likeness (QED) is 0.820. The summed E-state index contributed by atoms with van der Waals surface area (Å²) < 4.78 is 4.94. The highest BCUT2D eigenvalue weighted by Crippen LogP contribution is 2.14. The van der Waals surface area contributed by atoms with Gasteiger partial charge < -0.3 is 14.7 Å². The van der Waals surface area contributed by atoms with E-state index in [-0.39, 0.29) is 5.91 Å². The first-order chi connectivity index (χ1) is 8.20. The van der Waals surface area contributed by atoms with Crippen LogP contribution in [0.4, 0.5) is 0 Å². The smallest absolute Gasteiger partial charge is 0.255 e. The van der Waals surface area contributed by atoms with E-state index in [4.69, 9.17) is 4.74 Å². The van der Waals surface area contributed by atoms with Gasteiger partial charge in [-0.1, -0.05) is 0 Å². The van der Waals surface area contributed by atoms with E-state index in [1.807, 2.05) is 0 Å². The van der Waals surface area contributed by atoms with Gasteiger partial charge in [-0.25, -0.2) is 4.98 Å². The third-order valence-electron chi connectivity index (χ3n) is 2.88. The Hall–Kier alpha value is -1.62. The molecular formula is C12H16N2O3. The number of carbonyl (C=O) groups is 1. The highest BCUT2D eigenvalue weighted by molar-refractivity contribution is 5.94. The highest BCUT2D eigenvalue weighted by atomic mass is 16.5. The van der Waals surface area contributed by atoms with Crippen molar-refractivity contribution in [2.75, 3.05) is 20.2 Å². The SMILES string of the molecule is COc1ccc(C(=O)N2CCC[C@H](O)C2)cn1. The molecule has 0 unspecified atom stereocenters. The molecule has 5 nitrogen and oxygen atoms in total. The van der Waals surface area contributed by atoms with Crippen molar-refractivity contribution < 1.29 is 14.6 Å². The summed E-state index contributed by atoms with van der Waals surface area (Å²) in [5, 5.41) is 9.53. The molecule has 1 aromatic heterocycles. The molecule has 0 bridgehead atoms. The van der Waals surface area contributed by atoms with Crippen LogP contribution in [0.15, 0.2) is 18.3 Å². The van der Waals surface area contributed by atoms with E-state index >= 15 is 0 Å². The van der Waals surface area contributed by atoms with Gasteiger partial charge in [0.05, 0.1) is 18.8 Å². The third-order valence-corrected chi connectivity index (χ3v) is 2.88. The average Bonchev–Trinajstić information content (AvgIpc) is 2.38. The number of amides is 1. The molecule has 1 fully saturated rings. The van der Waals surface area contributed by atoms with Crippen LogP contribution in [-0.4, -0.2) is 47.2 Å². The van der Waals surface area contributed by atoms with Crippen molar-refractivity contribution in [2.45, 2.75) is 18.9 Å². The van der Waals surface area contributed by atoms with Gasteiger partial charge in [-0.15, -0.1) is 0 Å². The maximum absolute atomic E-state index is 12.1. The molecule has 1 atom stereocenters. The minimum atomic E-state index is -0.404. The second kappa shape index (κ2) is 5.14. The second-order valence-corrected chi connectivity index (χ2v) is 4.14. The van der Waals surface area contributed by atoms with Gasteiger partial charge in [-0.2, -0.15) is 0 Å². The number of β-amino-alcohol motifs (C(OH)–C–C–N with tert-alkyl or cyclic N) is 1. The number of methoxy groups -OCH3 is 1. The Morgan fingerprint density at radius 2 is 2.41 bits per heavy atom. The van der Waals surface area contributed by atoms with Crippen molar-refractivity contribution in [1.29, 1.82) is 0 Å². The minimum absolute atomic E-state index is 0.0843. The first-order valence-electron chi connectivity index (χ1n) is 5.68. The van der Waals surface area contributed by atoms with Crippen LogP contribution in [-0.2, 0) is 0 Å². The predicted octanol–water partition coefficient (Wildman–Crippen LogP) is 0.687. The average molecular weight is 236 g/mol. The Morgan fingerprint density at radius 3 is 3.00 bits per heavy atom. The fourth-order valence-corrected chi connectivity index (χ4v) is 1.95. The number of carbonyl (C=O) groups excluding carboxylic acids is 1. The Kier molecular flexibility index (Phi) is 3.58. The van der Waals surface area contributed by atoms with Crippen LogP contribution in [0.25, 0.3) is 0 Å². The molecule has 2 heterocycles. The van der Waals surface area contributed by atoms with Crippen molar-refractivity contribution in [1.82, 2.24) is 9.88 Å². The van der Waals surface area contributed by atoms with Crippen LogP contribution >= 0.6 is 0 Å². The standard InChI is InChI=1S/C12H16N2O3/c1-17-11-5-4-9(7-13-11)12(16)14-6-2-3-10(15)8-14/h4-5,7,10,15H,2-3,6,8H2,1H3/t10-/m0/s1. The molecule has 1 N–H and O–H groups in total. The largest absolute Gasteiger partial charge is 0.481 e. The summed E-state index contributed by atoms with van der Waals surface area (Å²) in [7, 11) is 1.53. The number of likely N-dealkylation sites (tertiary alicyclic amines) is 1. The zero-order chi connectivity index (χ0) is 12.3. The summed E-state index contributed by atoms with van der Waals surface area (Å²) >= 11 is 0. The number of hydrogen-bond acceptors (Lipinski definition) is 4. The number of pyridine rings is 1. The Morgan fingerprint density at radius 1 is 1.59 bits per heavy atom. The zero-order valence-electron chi connectivity index (χ0n) is 9.80. The molecule has 0 radical (unpaired) electrons. The molecule has 1 aromatic rings. The Balaban J connectivity index is 2.07. The van der Waals surface area contributed by atoms with Gasteiger partial charge in [0.2, 0.25) is 5.88 Å². The summed E-state index contributed by atoms with van der Waals surface area (Å²) in [6.07, 6.45) is 2.71. The Bertz CT molecular complexity index is 391. The number of aliphatic hydroxyl groups is 1. The molecule has 1 amide bonds. The van der Waals surface area contributed by atoms with Gasteiger partial charge in [-0.05, 0) is 18.9 Å². The predicted molar refractivity (Wildman–Crippen MR) is 61.9 cm³/mol. The maximum Gasteiger partial charge on any atom is 0.255 e. The van der Waals surface area contributed by atoms with Gasteiger partial charge in [0.1, 0.15) is 0 Å². The van der Waals surface area contributed by atoms with Gasteiger partial charge in [-0.3, -0.25) is 4.79 Å². The third kappa shape index (κ3) is 2.74. The van der Waals surface area contributed by atoms with Crippen LogP contribution in [0.2, 0.25) is 0 Å². The van der Waals surface area contributed by atoms with E-state index in [1.54, 1.807) is 17.0 Å². The number of nitrogens with zero attached hydrogens (tertiary/aromatic N) is 2. The summed E-state index contributed by atoms with van der Waals surface area (Å²) in [6.45, 7) is 1.10. The fraction of sp³-hybridized carbons (Fsp3) is 0.500. The van der Waals surface area contributed by atoms with E-state index in [9.17, 15) is 9.90 Å². The van der Waals surface area contributed by atoms with Crippen LogP contribution in [0.5, 0.6) is 5.88 Å². The maximum atomic E-state index is 12.1. The molecule has 92 valence electrons. The zero-order valence-corrected chi connectivity index (χ0v) is 9.80. The van der Waals surface area contributed by atoms with E-state index in [0.29, 0.717) is 24.5 Å². The number of aromatic nitrogens is 1. The molecule has 1 aliphatic rings. The molecule has 17 heavy (non-hydrogen) atoms. The summed E-state index contributed by atoms with van der Waals surface area (Å²) in [5.74, 6) is 0.402. The van der Waals surface area contributed by atoms with Crippen LogP contribution in [0.3, 0.4) is 0 Å². The lowest BCUT2D eigenvalue weighted by atomic mass is 10.1. The normalized spacial score (nSPS) is 20.1. The first kappa shape index (κ1) is 11.9. The van der Waals surface area contributed by atoms with Crippen molar-refractivity contribution >= 4 is 5.91 Å². The molecule has 1 aliphatic heterocycles. The van der Waals surface area contributed by atoms with E-state index in [2.05, 4.69) is 4.98 Å². The van der Waals surface area contributed by atoms with Gasteiger partial charge >= 0.3 is 0 Å². The van der Waals surface area contributed by atoms with E-state index in [0.717, 1.165) is 12.8 Å². The van der Waals surface area contributed by atoms with Crippen LogP contribution in [0.1, 0.15) is 23.2 Å². The summed E-state index contributed by atoms with van der Waals surface area (Å²) in [5.41, 5.74) is 0.528. The van der Waals surface area contributed by atoms with Crippen molar-refractivity contribution in [3.63, 3.8) is 0 Å². The molecule has 2 rings (SSSR count).